The van der Waals surface area contributed by atoms with Crippen molar-refractivity contribution in [3.63, 3.8) is 0 Å². The smallest absolute Gasteiger partial charge is 0.338 e. The van der Waals surface area contributed by atoms with E-state index in [1.54, 1.807) is 68.5 Å². The number of hydrogen-bond acceptors (Lipinski definition) is 9. The number of esters is 1. The molecule has 2 aromatic carbocycles. The van der Waals surface area contributed by atoms with Crippen LogP contribution in [0.2, 0.25) is 0 Å². The molecule has 4 aromatic rings. The van der Waals surface area contributed by atoms with Crippen molar-refractivity contribution in [1.29, 1.82) is 0 Å². The van der Waals surface area contributed by atoms with Crippen LogP contribution in [0.4, 0.5) is 5.69 Å². The van der Waals surface area contributed by atoms with Crippen LogP contribution in [0.3, 0.4) is 0 Å². The summed E-state index contributed by atoms with van der Waals surface area (Å²) in [6, 6.07) is 14.2. The summed E-state index contributed by atoms with van der Waals surface area (Å²) in [5.74, 6) is 0.946. The molecule has 0 saturated carbocycles. The Kier molecular flexibility index (Phi) is 8.36. The van der Waals surface area contributed by atoms with E-state index in [9.17, 15) is 19.7 Å². The number of carbonyl (C=O) groups is 1. The number of hydrogen-bond donors (Lipinski definition) is 0. The fourth-order valence-electron chi connectivity index (χ4n) is 4.53. The SMILES string of the molecule is C=CCOc1ccc([C@@H]2C(C(=O)OCC)=C(C)N=c3s/c(=C\c4ccc(-c5ccc([N+](=O)[O-])cc5Br)o4)c(=O)n32)cc1. The third kappa shape index (κ3) is 5.63. The Labute approximate surface area is 251 Å². The minimum atomic E-state index is -0.765. The summed E-state index contributed by atoms with van der Waals surface area (Å²) in [4.78, 5) is 42.5. The molecular weight excluding hydrogens is 626 g/mol. The van der Waals surface area contributed by atoms with Gasteiger partial charge in [-0.2, -0.15) is 0 Å². The second-order valence-electron chi connectivity index (χ2n) is 9.09. The molecule has 5 rings (SSSR count). The normalized spacial score (nSPS) is 14.7. The summed E-state index contributed by atoms with van der Waals surface area (Å²) in [6.45, 7) is 7.61. The fourth-order valence-corrected chi connectivity index (χ4v) is 6.12. The largest absolute Gasteiger partial charge is 0.490 e. The predicted octanol–water partition coefficient (Wildman–Crippen LogP) is 5.29. The molecule has 12 heteroatoms. The van der Waals surface area contributed by atoms with E-state index >= 15 is 0 Å². The highest BCUT2D eigenvalue weighted by Crippen LogP contribution is 2.33. The number of benzene rings is 2. The van der Waals surface area contributed by atoms with E-state index < -0.39 is 16.9 Å². The topological polar surface area (TPSA) is 126 Å². The summed E-state index contributed by atoms with van der Waals surface area (Å²) >= 11 is 4.54. The van der Waals surface area contributed by atoms with Crippen molar-refractivity contribution in [1.82, 2.24) is 4.57 Å². The second-order valence-corrected chi connectivity index (χ2v) is 11.0. The number of carbonyl (C=O) groups excluding carboxylic acids is 1. The zero-order valence-electron chi connectivity index (χ0n) is 22.5. The zero-order valence-corrected chi connectivity index (χ0v) is 24.9. The van der Waals surface area contributed by atoms with E-state index in [0.29, 0.717) is 54.5 Å². The number of fused-ring (bicyclic) bond motifs is 1. The van der Waals surface area contributed by atoms with E-state index in [0.717, 1.165) is 0 Å². The van der Waals surface area contributed by atoms with Gasteiger partial charge in [0.1, 0.15) is 23.9 Å². The minimum absolute atomic E-state index is 0.0514. The number of ether oxygens (including phenoxy) is 2. The van der Waals surface area contributed by atoms with Crippen LogP contribution in [0.1, 0.15) is 31.2 Å². The van der Waals surface area contributed by atoms with Crippen LogP contribution in [0.15, 0.2) is 97.2 Å². The molecule has 214 valence electrons. The Balaban J connectivity index is 1.58. The molecule has 10 nitrogen and oxygen atoms in total. The first-order chi connectivity index (χ1) is 20.2. The van der Waals surface area contributed by atoms with Gasteiger partial charge in [0, 0.05) is 28.2 Å². The van der Waals surface area contributed by atoms with Crippen molar-refractivity contribution in [2.75, 3.05) is 13.2 Å². The van der Waals surface area contributed by atoms with Crippen molar-refractivity contribution in [3.05, 3.63) is 124 Å². The summed E-state index contributed by atoms with van der Waals surface area (Å²) in [5.41, 5.74) is 1.65. The standard InChI is InChI=1S/C30H24BrN3O7S/c1-4-14-40-20-9-6-18(7-10-20)27-26(29(36)39-5-2)17(3)32-30-33(27)28(35)25(42-30)16-21-11-13-24(41-21)22-12-8-19(34(37)38)15-23(22)31/h4,6-13,15-16,27H,1,5,14H2,2-3H3/b25-16-/t27-/m1/s1. The second kappa shape index (κ2) is 12.1. The number of aromatic nitrogens is 1. The number of non-ortho nitro benzene ring substituents is 1. The van der Waals surface area contributed by atoms with Gasteiger partial charge in [-0.25, -0.2) is 9.79 Å². The van der Waals surface area contributed by atoms with E-state index in [2.05, 4.69) is 27.5 Å². The Morgan fingerprint density at radius 3 is 2.67 bits per heavy atom. The first-order valence-corrected chi connectivity index (χ1v) is 14.4. The predicted molar refractivity (Wildman–Crippen MR) is 161 cm³/mol. The first-order valence-electron chi connectivity index (χ1n) is 12.8. The summed E-state index contributed by atoms with van der Waals surface area (Å²) in [7, 11) is 0. The Hall–Kier alpha value is -4.55. The van der Waals surface area contributed by atoms with Crippen LogP contribution in [0, 0.1) is 10.1 Å². The molecule has 0 radical (unpaired) electrons. The average molecular weight is 651 g/mol. The van der Waals surface area contributed by atoms with Crippen molar-refractivity contribution in [2.24, 2.45) is 4.99 Å². The molecule has 1 aliphatic heterocycles. The molecule has 1 atom stereocenters. The van der Waals surface area contributed by atoms with Crippen LogP contribution in [-0.4, -0.2) is 28.7 Å². The van der Waals surface area contributed by atoms with Crippen molar-refractivity contribution in [2.45, 2.75) is 19.9 Å². The molecule has 0 unspecified atom stereocenters. The highest BCUT2D eigenvalue weighted by Gasteiger charge is 2.33. The molecule has 3 heterocycles. The number of nitrogens with zero attached hydrogens (tertiary/aromatic N) is 3. The van der Waals surface area contributed by atoms with Gasteiger partial charge in [-0.15, -0.1) is 0 Å². The number of halogens is 1. The number of rotatable bonds is 9. The van der Waals surface area contributed by atoms with Crippen LogP contribution in [0.25, 0.3) is 17.4 Å². The molecule has 1 aliphatic rings. The van der Waals surface area contributed by atoms with Crippen molar-refractivity contribution in [3.8, 4) is 17.1 Å². The quantitative estimate of drug-likeness (QED) is 0.104. The third-order valence-corrected chi connectivity index (χ3v) is 8.05. The molecule has 0 bridgehead atoms. The van der Waals surface area contributed by atoms with Crippen molar-refractivity contribution >= 4 is 45.0 Å². The van der Waals surface area contributed by atoms with Crippen LogP contribution in [0.5, 0.6) is 5.75 Å². The summed E-state index contributed by atoms with van der Waals surface area (Å²) in [6.07, 6.45) is 3.25. The van der Waals surface area contributed by atoms with Crippen LogP contribution in [-0.2, 0) is 9.53 Å². The summed E-state index contributed by atoms with van der Waals surface area (Å²) in [5, 5.41) is 11.1. The lowest BCUT2D eigenvalue weighted by molar-refractivity contribution is -0.384. The Morgan fingerprint density at radius 1 is 1.24 bits per heavy atom. The van der Waals surface area contributed by atoms with Gasteiger partial charge >= 0.3 is 5.97 Å². The lowest BCUT2D eigenvalue weighted by atomic mass is 9.96. The maximum Gasteiger partial charge on any atom is 0.338 e. The maximum atomic E-state index is 13.8. The Bertz CT molecular complexity index is 1920. The molecule has 0 spiro atoms. The maximum absolute atomic E-state index is 13.8. The van der Waals surface area contributed by atoms with Gasteiger partial charge in [-0.1, -0.05) is 36.1 Å². The average Bonchev–Trinajstić information content (AvgIpc) is 3.55. The molecule has 2 aromatic heterocycles. The molecule has 0 aliphatic carbocycles. The van der Waals surface area contributed by atoms with Gasteiger partial charge in [0.25, 0.3) is 11.2 Å². The third-order valence-electron chi connectivity index (χ3n) is 6.41. The Morgan fingerprint density at radius 2 is 2.00 bits per heavy atom. The molecule has 0 saturated heterocycles. The van der Waals surface area contributed by atoms with Gasteiger partial charge in [-0.05, 0) is 65.7 Å². The van der Waals surface area contributed by atoms with E-state index in [1.165, 1.54) is 28.0 Å². The number of nitro groups is 1. The molecule has 42 heavy (non-hydrogen) atoms. The molecule has 0 amide bonds. The van der Waals surface area contributed by atoms with Crippen LogP contribution < -0.4 is 19.6 Å². The minimum Gasteiger partial charge on any atom is -0.490 e. The van der Waals surface area contributed by atoms with Gasteiger partial charge < -0.3 is 13.9 Å². The van der Waals surface area contributed by atoms with Crippen molar-refractivity contribution < 1.29 is 23.6 Å². The molecule has 0 N–H and O–H groups in total. The van der Waals surface area contributed by atoms with E-state index in [4.69, 9.17) is 13.9 Å². The number of nitro benzene ring substituents is 1. The van der Waals surface area contributed by atoms with Crippen LogP contribution >= 0.6 is 27.3 Å². The van der Waals surface area contributed by atoms with E-state index in [1.807, 2.05) is 0 Å². The van der Waals surface area contributed by atoms with E-state index in [-0.39, 0.29) is 23.4 Å². The van der Waals surface area contributed by atoms with Gasteiger partial charge in [0.2, 0.25) is 0 Å². The number of allylic oxidation sites excluding steroid dienone is 1. The lowest BCUT2D eigenvalue weighted by Gasteiger charge is -2.24. The molecular formula is C30H24BrN3O7S. The highest BCUT2D eigenvalue weighted by atomic mass is 79.9. The number of furan rings is 1. The summed E-state index contributed by atoms with van der Waals surface area (Å²) < 4.78 is 19.3. The zero-order chi connectivity index (χ0) is 30.0. The molecule has 0 fully saturated rings. The highest BCUT2D eigenvalue weighted by molar-refractivity contribution is 9.10. The van der Waals surface area contributed by atoms with Gasteiger partial charge in [-0.3, -0.25) is 19.5 Å². The van der Waals surface area contributed by atoms with Gasteiger partial charge in [0.15, 0.2) is 4.80 Å². The van der Waals surface area contributed by atoms with Gasteiger partial charge in [0.05, 0.1) is 33.4 Å². The first kappa shape index (κ1) is 29.0. The lowest BCUT2D eigenvalue weighted by Crippen LogP contribution is -2.39. The monoisotopic (exact) mass is 649 g/mol. The fraction of sp³-hybridized carbons (Fsp3) is 0.167. The number of thiazole rings is 1.